The molecule has 1 unspecified atom stereocenters. The lowest BCUT2D eigenvalue weighted by molar-refractivity contribution is 0.274. The van der Waals surface area contributed by atoms with E-state index in [1.165, 1.54) is 5.56 Å². The SMILES string of the molecule is Cc1nc(NC2CCOc3ccccc32)cc(N2CCN(C)CC2)n1. The van der Waals surface area contributed by atoms with Crippen LogP contribution >= 0.6 is 0 Å². The van der Waals surface area contributed by atoms with Crippen LogP contribution in [0.25, 0.3) is 0 Å². The van der Waals surface area contributed by atoms with Gasteiger partial charge in [0.2, 0.25) is 0 Å². The number of anilines is 2. The average Bonchev–Trinajstić information content (AvgIpc) is 2.62. The van der Waals surface area contributed by atoms with Crippen molar-refractivity contribution in [1.82, 2.24) is 14.9 Å². The van der Waals surface area contributed by atoms with Gasteiger partial charge in [0.1, 0.15) is 23.2 Å². The number of ether oxygens (including phenoxy) is 1. The second-order valence-corrected chi connectivity index (χ2v) is 6.82. The number of hydrogen-bond donors (Lipinski definition) is 1. The maximum absolute atomic E-state index is 5.76. The van der Waals surface area contributed by atoms with Gasteiger partial charge in [-0.05, 0) is 20.0 Å². The normalized spacial score (nSPS) is 20.7. The van der Waals surface area contributed by atoms with Crippen LogP contribution in [0.2, 0.25) is 0 Å². The second kappa shape index (κ2) is 6.88. The summed E-state index contributed by atoms with van der Waals surface area (Å²) in [7, 11) is 2.16. The Labute approximate surface area is 148 Å². The van der Waals surface area contributed by atoms with Crippen LogP contribution in [0.5, 0.6) is 5.75 Å². The number of nitrogens with one attached hydrogen (secondary N) is 1. The number of piperazine rings is 1. The molecule has 0 aliphatic carbocycles. The minimum absolute atomic E-state index is 0.222. The third-order valence-corrected chi connectivity index (χ3v) is 4.93. The molecule has 1 saturated heterocycles. The van der Waals surface area contributed by atoms with Crippen molar-refractivity contribution < 1.29 is 4.74 Å². The molecule has 25 heavy (non-hydrogen) atoms. The first-order valence-corrected chi connectivity index (χ1v) is 8.96. The molecule has 1 fully saturated rings. The van der Waals surface area contributed by atoms with Gasteiger partial charge in [0.15, 0.2) is 0 Å². The quantitative estimate of drug-likeness (QED) is 0.927. The molecule has 1 aromatic carbocycles. The maximum Gasteiger partial charge on any atom is 0.134 e. The number of aryl methyl sites for hydroxylation is 1. The highest BCUT2D eigenvalue weighted by Gasteiger charge is 2.22. The highest BCUT2D eigenvalue weighted by atomic mass is 16.5. The Hall–Kier alpha value is -2.34. The van der Waals surface area contributed by atoms with E-state index in [9.17, 15) is 0 Å². The van der Waals surface area contributed by atoms with Gasteiger partial charge in [0.05, 0.1) is 12.6 Å². The fourth-order valence-electron chi connectivity index (χ4n) is 3.49. The average molecular weight is 339 g/mol. The fraction of sp³-hybridized carbons (Fsp3) is 0.474. The van der Waals surface area contributed by atoms with Crippen molar-refractivity contribution in [3.8, 4) is 5.75 Å². The van der Waals surface area contributed by atoms with Gasteiger partial charge in [0.25, 0.3) is 0 Å². The molecule has 1 N–H and O–H groups in total. The molecule has 4 rings (SSSR count). The number of hydrogen-bond acceptors (Lipinski definition) is 6. The number of fused-ring (bicyclic) bond motifs is 1. The van der Waals surface area contributed by atoms with E-state index >= 15 is 0 Å². The van der Waals surface area contributed by atoms with Gasteiger partial charge < -0.3 is 19.9 Å². The molecule has 3 heterocycles. The summed E-state index contributed by atoms with van der Waals surface area (Å²) in [6.07, 6.45) is 0.934. The van der Waals surface area contributed by atoms with Crippen molar-refractivity contribution in [2.45, 2.75) is 19.4 Å². The van der Waals surface area contributed by atoms with Gasteiger partial charge in [-0.2, -0.15) is 0 Å². The first kappa shape index (κ1) is 16.1. The lowest BCUT2D eigenvalue weighted by Gasteiger charge is -2.33. The molecule has 6 heteroatoms. The van der Waals surface area contributed by atoms with Gasteiger partial charge in [0, 0.05) is 44.2 Å². The van der Waals surface area contributed by atoms with Gasteiger partial charge in [-0.25, -0.2) is 9.97 Å². The molecule has 2 aromatic rings. The molecule has 0 bridgehead atoms. The number of rotatable bonds is 3. The summed E-state index contributed by atoms with van der Waals surface area (Å²) < 4.78 is 5.76. The smallest absolute Gasteiger partial charge is 0.134 e. The van der Waals surface area contributed by atoms with E-state index < -0.39 is 0 Å². The molecule has 132 valence electrons. The van der Waals surface area contributed by atoms with Crippen molar-refractivity contribution in [2.24, 2.45) is 0 Å². The second-order valence-electron chi connectivity index (χ2n) is 6.82. The Morgan fingerprint density at radius 3 is 2.76 bits per heavy atom. The van der Waals surface area contributed by atoms with Crippen LogP contribution in [0.15, 0.2) is 30.3 Å². The number of aromatic nitrogens is 2. The topological polar surface area (TPSA) is 53.5 Å². The van der Waals surface area contributed by atoms with Crippen LogP contribution in [-0.4, -0.2) is 54.7 Å². The third-order valence-electron chi connectivity index (χ3n) is 4.93. The van der Waals surface area contributed by atoms with Crippen molar-refractivity contribution >= 4 is 11.6 Å². The Morgan fingerprint density at radius 1 is 1.12 bits per heavy atom. The summed E-state index contributed by atoms with van der Waals surface area (Å²) in [4.78, 5) is 14.0. The molecule has 1 aromatic heterocycles. The van der Waals surface area contributed by atoms with Crippen LogP contribution in [0.4, 0.5) is 11.6 Å². The molecule has 0 radical (unpaired) electrons. The van der Waals surface area contributed by atoms with Gasteiger partial charge >= 0.3 is 0 Å². The zero-order chi connectivity index (χ0) is 17.2. The Bertz CT molecular complexity index is 742. The summed E-state index contributed by atoms with van der Waals surface area (Å²) >= 11 is 0. The third kappa shape index (κ3) is 3.54. The number of likely N-dealkylation sites (N-methyl/N-ethyl adjacent to an activating group) is 1. The minimum Gasteiger partial charge on any atom is -0.493 e. The molecule has 0 spiro atoms. The largest absolute Gasteiger partial charge is 0.493 e. The van der Waals surface area contributed by atoms with Gasteiger partial charge in [-0.3, -0.25) is 0 Å². The Balaban J connectivity index is 1.55. The number of benzene rings is 1. The zero-order valence-corrected chi connectivity index (χ0v) is 14.9. The monoisotopic (exact) mass is 339 g/mol. The van der Waals surface area contributed by atoms with E-state index in [-0.39, 0.29) is 6.04 Å². The summed E-state index contributed by atoms with van der Waals surface area (Å²) in [6.45, 7) is 6.84. The number of nitrogens with zero attached hydrogens (tertiary/aromatic N) is 4. The van der Waals surface area contributed by atoms with Crippen LogP contribution in [0, 0.1) is 6.92 Å². The molecule has 2 aliphatic heterocycles. The lowest BCUT2D eigenvalue weighted by Crippen LogP contribution is -2.44. The number of para-hydroxylation sites is 1. The van der Waals surface area contributed by atoms with E-state index in [1.54, 1.807) is 0 Å². The summed E-state index contributed by atoms with van der Waals surface area (Å²) in [5, 5.41) is 3.60. The van der Waals surface area contributed by atoms with E-state index in [2.05, 4.69) is 50.3 Å². The van der Waals surface area contributed by atoms with Gasteiger partial charge in [-0.1, -0.05) is 18.2 Å². The van der Waals surface area contributed by atoms with E-state index in [4.69, 9.17) is 4.74 Å². The molecule has 1 atom stereocenters. The highest BCUT2D eigenvalue weighted by Crippen LogP contribution is 2.34. The molecule has 6 nitrogen and oxygen atoms in total. The molecular weight excluding hydrogens is 314 g/mol. The molecule has 0 amide bonds. The van der Waals surface area contributed by atoms with Crippen LogP contribution in [-0.2, 0) is 0 Å². The van der Waals surface area contributed by atoms with Crippen molar-refractivity contribution in [3.05, 3.63) is 41.7 Å². The summed E-state index contributed by atoms with van der Waals surface area (Å²) in [5.41, 5.74) is 1.20. The van der Waals surface area contributed by atoms with Crippen LogP contribution in [0.3, 0.4) is 0 Å². The zero-order valence-electron chi connectivity index (χ0n) is 14.9. The first-order valence-electron chi connectivity index (χ1n) is 8.96. The Morgan fingerprint density at radius 2 is 1.92 bits per heavy atom. The fourth-order valence-corrected chi connectivity index (χ4v) is 3.49. The van der Waals surface area contributed by atoms with Crippen molar-refractivity contribution in [3.63, 3.8) is 0 Å². The highest BCUT2D eigenvalue weighted by molar-refractivity contribution is 5.52. The Kier molecular flexibility index (Phi) is 4.44. The van der Waals surface area contributed by atoms with E-state index in [1.807, 2.05) is 19.1 Å². The maximum atomic E-state index is 5.76. The van der Waals surface area contributed by atoms with E-state index in [0.29, 0.717) is 0 Å². The lowest BCUT2D eigenvalue weighted by atomic mass is 10.0. The molecule has 2 aliphatic rings. The first-order chi connectivity index (χ1) is 12.2. The standard InChI is InChI=1S/C19H25N5O/c1-14-20-18(13-19(21-14)24-10-8-23(2)9-11-24)22-16-7-12-25-17-6-4-3-5-15(16)17/h3-6,13,16H,7-12H2,1-2H3,(H,20,21,22). The molecular formula is C19H25N5O. The van der Waals surface area contributed by atoms with E-state index in [0.717, 1.165) is 62.4 Å². The predicted octanol–water partition coefficient (Wildman–Crippen LogP) is 2.47. The summed E-state index contributed by atoms with van der Waals surface area (Å²) in [6, 6.07) is 10.5. The summed E-state index contributed by atoms with van der Waals surface area (Å²) in [5.74, 6) is 3.68. The van der Waals surface area contributed by atoms with Crippen LogP contribution < -0.4 is 15.0 Å². The van der Waals surface area contributed by atoms with Gasteiger partial charge in [-0.15, -0.1) is 0 Å². The van der Waals surface area contributed by atoms with Crippen LogP contribution in [0.1, 0.15) is 23.9 Å². The molecule has 0 saturated carbocycles. The van der Waals surface area contributed by atoms with Crippen molar-refractivity contribution in [1.29, 1.82) is 0 Å². The van der Waals surface area contributed by atoms with Crippen molar-refractivity contribution in [2.75, 3.05) is 50.1 Å². The minimum atomic E-state index is 0.222. The predicted molar refractivity (Wildman–Crippen MR) is 99.4 cm³/mol.